The van der Waals surface area contributed by atoms with Crippen LogP contribution in [0.1, 0.15) is 10.4 Å². The summed E-state index contributed by atoms with van der Waals surface area (Å²) in [5, 5.41) is 4.57. The van der Waals surface area contributed by atoms with Gasteiger partial charge in [0.2, 0.25) is 0 Å². The zero-order valence-electron chi connectivity index (χ0n) is 16.5. The third-order valence-electron chi connectivity index (χ3n) is 5.12. The van der Waals surface area contributed by atoms with Crippen LogP contribution in [0.5, 0.6) is 5.75 Å². The molecule has 4 rings (SSSR count). The van der Waals surface area contributed by atoms with Gasteiger partial charge in [0.25, 0.3) is 5.91 Å². The van der Waals surface area contributed by atoms with Crippen LogP contribution in [-0.4, -0.2) is 62.2 Å². The van der Waals surface area contributed by atoms with Crippen molar-refractivity contribution in [3.05, 3.63) is 51.5 Å². The van der Waals surface area contributed by atoms with Crippen LogP contribution in [0.2, 0.25) is 5.02 Å². The first-order valence-electron chi connectivity index (χ1n) is 9.69. The van der Waals surface area contributed by atoms with E-state index < -0.39 is 0 Å². The Morgan fingerprint density at radius 3 is 2.63 bits per heavy atom. The highest BCUT2D eigenvalue weighted by Gasteiger charge is 2.21. The van der Waals surface area contributed by atoms with Crippen molar-refractivity contribution in [1.29, 1.82) is 0 Å². The van der Waals surface area contributed by atoms with Gasteiger partial charge >= 0.3 is 0 Å². The van der Waals surface area contributed by atoms with Crippen LogP contribution in [0.15, 0.2) is 40.9 Å². The summed E-state index contributed by atoms with van der Waals surface area (Å²) < 4.78 is 7.46. The summed E-state index contributed by atoms with van der Waals surface area (Å²) in [5.41, 5.74) is 1.50. The second-order valence-corrected chi connectivity index (χ2v) is 9.35. The van der Waals surface area contributed by atoms with E-state index in [1.54, 1.807) is 18.4 Å². The summed E-state index contributed by atoms with van der Waals surface area (Å²) in [6.45, 7) is 5.13. The average molecular weight is 510 g/mol. The highest BCUT2D eigenvalue weighted by Crippen LogP contribution is 2.38. The highest BCUT2D eigenvalue weighted by molar-refractivity contribution is 9.10. The maximum Gasteiger partial charge on any atom is 0.251 e. The fraction of sp³-hybridized carbons (Fsp3) is 0.333. The van der Waals surface area contributed by atoms with Crippen LogP contribution in [0.25, 0.3) is 10.2 Å². The first kappa shape index (κ1) is 21.4. The van der Waals surface area contributed by atoms with E-state index in [-0.39, 0.29) is 5.91 Å². The maximum atomic E-state index is 12.2. The van der Waals surface area contributed by atoms with Gasteiger partial charge in [0.1, 0.15) is 5.52 Å². The molecule has 1 N–H and O–H groups in total. The summed E-state index contributed by atoms with van der Waals surface area (Å²) in [6.07, 6.45) is 0. The number of methoxy groups -OCH3 is 1. The van der Waals surface area contributed by atoms with Crippen LogP contribution in [-0.2, 0) is 0 Å². The number of hydrogen-bond acceptors (Lipinski definition) is 6. The number of benzene rings is 2. The lowest BCUT2D eigenvalue weighted by Gasteiger charge is -2.34. The highest BCUT2D eigenvalue weighted by atomic mass is 79.9. The zero-order chi connectivity index (χ0) is 21.1. The van der Waals surface area contributed by atoms with E-state index in [1.807, 2.05) is 36.4 Å². The van der Waals surface area contributed by atoms with Crippen molar-refractivity contribution in [3.63, 3.8) is 0 Å². The molecule has 6 nitrogen and oxygen atoms in total. The minimum absolute atomic E-state index is 0.0387. The maximum absolute atomic E-state index is 12.2. The molecule has 0 aliphatic carbocycles. The van der Waals surface area contributed by atoms with E-state index in [1.165, 1.54) is 0 Å². The standard InChI is InChI=1S/C21H22BrClN4O2S/c1-29-19-16(23)6-7-17-18(19)25-21(30-17)27-12-10-26(11-13-27)9-8-24-20(28)14-2-4-15(22)5-3-14/h2-7H,8-13H2,1H3,(H,24,28). The minimum atomic E-state index is -0.0387. The Balaban J connectivity index is 1.28. The van der Waals surface area contributed by atoms with Gasteiger partial charge in [-0.3, -0.25) is 9.69 Å². The summed E-state index contributed by atoms with van der Waals surface area (Å²) >= 11 is 11.3. The number of thiazole rings is 1. The number of hydrogen-bond donors (Lipinski definition) is 1. The van der Waals surface area contributed by atoms with Crippen molar-refractivity contribution < 1.29 is 9.53 Å². The van der Waals surface area contributed by atoms with Gasteiger partial charge in [-0.25, -0.2) is 4.98 Å². The Kier molecular flexibility index (Phi) is 6.77. The molecule has 3 aromatic rings. The molecule has 1 saturated heterocycles. The number of rotatable bonds is 6. The summed E-state index contributed by atoms with van der Waals surface area (Å²) in [6, 6.07) is 11.2. The lowest BCUT2D eigenvalue weighted by molar-refractivity contribution is 0.0948. The summed E-state index contributed by atoms with van der Waals surface area (Å²) in [4.78, 5) is 21.7. The molecule has 0 atom stereocenters. The topological polar surface area (TPSA) is 57.7 Å². The summed E-state index contributed by atoms with van der Waals surface area (Å²) in [5.74, 6) is 0.597. The second-order valence-electron chi connectivity index (χ2n) is 7.02. The first-order chi connectivity index (χ1) is 14.5. The Morgan fingerprint density at radius 2 is 1.93 bits per heavy atom. The fourth-order valence-corrected chi connectivity index (χ4v) is 4.97. The smallest absolute Gasteiger partial charge is 0.251 e. The third kappa shape index (κ3) is 4.72. The molecule has 1 aromatic heterocycles. The number of aromatic nitrogens is 1. The van der Waals surface area contributed by atoms with Gasteiger partial charge in [-0.1, -0.05) is 38.9 Å². The molecule has 1 aliphatic rings. The molecule has 0 bridgehead atoms. The fourth-order valence-electron chi connectivity index (χ4n) is 3.46. The molecule has 0 spiro atoms. The molecule has 0 radical (unpaired) electrons. The predicted molar refractivity (Wildman–Crippen MR) is 126 cm³/mol. The third-order valence-corrected chi connectivity index (χ3v) is 7.03. The number of nitrogens with one attached hydrogen (secondary N) is 1. The van der Waals surface area contributed by atoms with Crippen molar-refractivity contribution in [1.82, 2.24) is 15.2 Å². The molecule has 1 fully saturated rings. The molecule has 30 heavy (non-hydrogen) atoms. The number of carbonyl (C=O) groups is 1. The lowest BCUT2D eigenvalue weighted by Crippen LogP contribution is -2.48. The lowest BCUT2D eigenvalue weighted by atomic mass is 10.2. The van der Waals surface area contributed by atoms with Gasteiger partial charge in [-0.05, 0) is 36.4 Å². The molecule has 0 unspecified atom stereocenters. The van der Waals surface area contributed by atoms with E-state index in [0.717, 1.165) is 52.5 Å². The molecule has 2 aromatic carbocycles. The van der Waals surface area contributed by atoms with Crippen LogP contribution < -0.4 is 15.0 Å². The SMILES string of the molecule is COc1c(Cl)ccc2sc(N3CCN(CCNC(=O)c4ccc(Br)cc4)CC3)nc12. The number of piperazine rings is 1. The number of halogens is 2. The predicted octanol–water partition coefficient (Wildman–Crippen LogP) is 4.27. The van der Waals surface area contributed by atoms with Crippen LogP contribution in [0, 0.1) is 0 Å². The zero-order valence-corrected chi connectivity index (χ0v) is 19.7. The van der Waals surface area contributed by atoms with Crippen molar-refractivity contribution in [2.75, 3.05) is 51.3 Å². The van der Waals surface area contributed by atoms with Gasteiger partial charge in [0.05, 0.1) is 16.8 Å². The van der Waals surface area contributed by atoms with Gasteiger partial charge in [-0.15, -0.1) is 0 Å². The van der Waals surface area contributed by atoms with Crippen molar-refractivity contribution >= 4 is 60.1 Å². The number of ether oxygens (including phenoxy) is 1. The van der Waals surface area contributed by atoms with Gasteiger partial charge < -0.3 is 15.0 Å². The normalized spacial score (nSPS) is 14.8. The average Bonchev–Trinajstić information content (AvgIpc) is 3.19. The number of anilines is 1. The van der Waals surface area contributed by atoms with Gasteiger partial charge in [-0.2, -0.15) is 0 Å². The van der Waals surface area contributed by atoms with E-state index >= 15 is 0 Å². The molecule has 158 valence electrons. The minimum Gasteiger partial charge on any atom is -0.493 e. The first-order valence-corrected chi connectivity index (χ1v) is 11.7. The van der Waals surface area contributed by atoms with E-state index in [4.69, 9.17) is 21.3 Å². The molecule has 9 heteroatoms. The molecule has 1 amide bonds. The monoisotopic (exact) mass is 508 g/mol. The Labute approximate surface area is 192 Å². The van der Waals surface area contributed by atoms with Crippen molar-refractivity contribution in [3.8, 4) is 5.75 Å². The molecular weight excluding hydrogens is 488 g/mol. The van der Waals surface area contributed by atoms with Crippen molar-refractivity contribution in [2.24, 2.45) is 0 Å². The van der Waals surface area contributed by atoms with Crippen LogP contribution in [0.3, 0.4) is 0 Å². The number of nitrogens with zero attached hydrogens (tertiary/aromatic N) is 3. The molecule has 2 heterocycles. The van der Waals surface area contributed by atoms with Gasteiger partial charge in [0.15, 0.2) is 10.9 Å². The Hall–Kier alpha value is -1.87. The van der Waals surface area contributed by atoms with Gasteiger partial charge in [0, 0.05) is 49.3 Å². The van der Waals surface area contributed by atoms with E-state index in [9.17, 15) is 4.79 Å². The summed E-state index contributed by atoms with van der Waals surface area (Å²) in [7, 11) is 1.62. The van der Waals surface area contributed by atoms with Crippen LogP contribution in [0.4, 0.5) is 5.13 Å². The molecule has 1 aliphatic heterocycles. The van der Waals surface area contributed by atoms with Crippen molar-refractivity contribution in [2.45, 2.75) is 0 Å². The van der Waals surface area contributed by atoms with Crippen LogP contribution >= 0.6 is 38.9 Å². The number of fused-ring (bicyclic) bond motifs is 1. The largest absolute Gasteiger partial charge is 0.493 e. The van der Waals surface area contributed by atoms with E-state index in [2.05, 4.69) is 31.0 Å². The molecular formula is C21H22BrClN4O2S. The second kappa shape index (κ2) is 9.51. The Morgan fingerprint density at radius 1 is 1.20 bits per heavy atom. The molecule has 0 saturated carbocycles. The van der Waals surface area contributed by atoms with E-state index in [0.29, 0.717) is 22.9 Å². The number of amides is 1. The Bertz CT molecular complexity index is 1040. The quantitative estimate of drug-likeness (QED) is 0.538. The number of carbonyl (C=O) groups excluding carboxylic acids is 1.